The molecule has 1 atom stereocenters. The van der Waals surface area contributed by atoms with E-state index in [1.807, 2.05) is 5.38 Å². The van der Waals surface area contributed by atoms with Gasteiger partial charge in [0.2, 0.25) is 0 Å². The fourth-order valence-electron chi connectivity index (χ4n) is 0.685. The largest absolute Gasteiger partial charge is 0.367 e. The third kappa shape index (κ3) is 2.55. The van der Waals surface area contributed by atoms with Crippen LogP contribution in [0.25, 0.3) is 0 Å². The molecule has 11 heavy (non-hydrogen) atoms. The molecular weight excluding hydrogens is 164 g/mol. The van der Waals surface area contributed by atoms with Crippen LogP contribution in [0.2, 0.25) is 0 Å². The Morgan fingerprint density at radius 1 is 1.64 bits per heavy atom. The Morgan fingerprint density at radius 3 is 2.82 bits per heavy atom. The first-order chi connectivity index (χ1) is 5.20. The highest BCUT2D eigenvalue weighted by molar-refractivity contribution is 7.07. The highest BCUT2D eigenvalue weighted by atomic mass is 32.1. The maximum absolute atomic E-state index is 8.63. The van der Waals surface area contributed by atoms with Gasteiger partial charge in [-0.1, -0.05) is 0 Å². The molecule has 1 aromatic rings. The molecule has 0 fully saturated rings. The maximum Gasteiger partial charge on any atom is 0.167 e. The minimum absolute atomic E-state index is 0.404. The van der Waals surface area contributed by atoms with Gasteiger partial charge in [0.15, 0.2) is 6.29 Å². The van der Waals surface area contributed by atoms with E-state index in [1.54, 1.807) is 5.51 Å². The zero-order chi connectivity index (χ0) is 8.27. The molecule has 0 bridgehead atoms. The minimum atomic E-state index is -1.46. The van der Waals surface area contributed by atoms with Crippen molar-refractivity contribution in [3.05, 3.63) is 16.6 Å². The van der Waals surface area contributed by atoms with Gasteiger partial charge in [0.1, 0.15) is 0 Å². The van der Waals surface area contributed by atoms with E-state index in [4.69, 9.17) is 15.9 Å². The van der Waals surface area contributed by atoms with Gasteiger partial charge in [0.05, 0.1) is 17.2 Å². The van der Waals surface area contributed by atoms with Gasteiger partial charge in [-0.05, 0) is 0 Å². The fraction of sp³-hybridized carbons (Fsp3) is 0.500. The zero-order valence-electron chi connectivity index (χ0n) is 5.84. The number of nitrogens with two attached hydrogens (primary N) is 1. The minimum Gasteiger partial charge on any atom is -0.367 e. The first kappa shape index (κ1) is 8.61. The Labute approximate surface area is 68.3 Å². The molecule has 1 aromatic heterocycles. The van der Waals surface area contributed by atoms with Gasteiger partial charge in [0, 0.05) is 11.8 Å². The maximum atomic E-state index is 8.63. The van der Waals surface area contributed by atoms with Crippen molar-refractivity contribution in [2.24, 2.45) is 5.73 Å². The van der Waals surface area contributed by atoms with E-state index in [0.29, 0.717) is 6.42 Å². The number of hydrogen-bond donors (Lipinski definition) is 3. The molecule has 0 aliphatic carbocycles. The quantitative estimate of drug-likeness (QED) is 0.531. The SMILES string of the molecule is N[C@@H](Cc1cscn1)C(O)O. The van der Waals surface area contributed by atoms with Crippen LogP contribution in [0.5, 0.6) is 0 Å². The molecule has 4 N–H and O–H groups in total. The van der Waals surface area contributed by atoms with Crippen molar-refractivity contribution in [1.29, 1.82) is 0 Å². The van der Waals surface area contributed by atoms with Gasteiger partial charge in [-0.25, -0.2) is 4.98 Å². The lowest BCUT2D eigenvalue weighted by Crippen LogP contribution is -2.36. The molecule has 1 rings (SSSR count). The summed E-state index contributed by atoms with van der Waals surface area (Å²) in [5, 5.41) is 19.1. The fourth-order valence-corrected chi connectivity index (χ4v) is 1.26. The van der Waals surface area contributed by atoms with Crippen LogP contribution in [-0.2, 0) is 6.42 Å². The molecule has 0 saturated carbocycles. The molecule has 5 heteroatoms. The average molecular weight is 174 g/mol. The summed E-state index contributed by atoms with van der Waals surface area (Å²) in [6.45, 7) is 0. The summed E-state index contributed by atoms with van der Waals surface area (Å²) in [6.07, 6.45) is -1.06. The highest BCUT2D eigenvalue weighted by Gasteiger charge is 2.12. The third-order valence-electron chi connectivity index (χ3n) is 1.31. The number of hydrogen-bond acceptors (Lipinski definition) is 5. The van der Waals surface area contributed by atoms with E-state index in [2.05, 4.69) is 4.98 Å². The summed E-state index contributed by atoms with van der Waals surface area (Å²) in [5.41, 5.74) is 7.86. The van der Waals surface area contributed by atoms with E-state index in [-0.39, 0.29) is 0 Å². The predicted molar refractivity (Wildman–Crippen MR) is 42.0 cm³/mol. The van der Waals surface area contributed by atoms with Crippen LogP contribution in [0.1, 0.15) is 5.69 Å². The molecule has 62 valence electrons. The molecule has 4 nitrogen and oxygen atoms in total. The van der Waals surface area contributed by atoms with Crippen molar-refractivity contribution >= 4 is 11.3 Å². The smallest absolute Gasteiger partial charge is 0.167 e. The summed E-state index contributed by atoms with van der Waals surface area (Å²) < 4.78 is 0. The van der Waals surface area contributed by atoms with E-state index in [0.717, 1.165) is 5.69 Å². The van der Waals surface area contributed by atoms with Crippen LogP contribution < -0.4 is 5.73 Å². The number of nitrogens with zero attached hydrogens (tertiary/aromatic N) is 1. The number of aliphatic hydroxyl groups excluding tert-OH is 1. The van der Waals surface area contributed by atoms with Gasteiger partial charge in [-0.3, -0.25) is 0 Å². The number of aromatic nitrogens is 1. The molecule has 0 aliphatic rings. The summed E-state index contributed by atoms with van der Waals surface area (Å²) in [5.74, 6) is 0. The lowest BCUT2D eigenvalue weighted by atomic mass is 10.2. The summed E-state index contributed by atoms with van der Waals surface area (Å²) in [7, 11) is 0. The van der Waals surface area contributed by atoms with Crippen molar-refractivity contribution in [3.63, 3.8) is 0 Å². The first-order valence-electron chi connectivity index (χ1n) is 3.19. The van der Waals surface area contributed by atoms with Crippen molar-refractivity contribution < 1.29 is 10.2 Å². The van der Waals surface area contributed by atoms with Crippen LogP contribution in [0, 0.1) is 0 Å². The monoisotopic (exact) mass is 174 g/mol. The Kier molecular flexibility index (Phi) is 2.95. The molecule has 0 saturated heterocycles. The number of rotatable bonds is 3. The highest BCUT2D eigenvalue weighted by Crippen LogP contribution is 2.04. The molecular formula is C6H10N2O2S. The van der Waals surface area contributed by atoms with Crippen LogP contribution in [0.3, 0.4) is 0 Å². The van der Waals surface area contributed by atoms with E-state index in [1.165, 1.54) is 11.3 Å². The summed E-state index contributed by atoms with van der Waals surface area (Å²) in [6, 6.07) is -0.642. The van der Waals surface area contributed by atoms with E-state index >= 15 is 0 Å². The second-order valence-electron chi connectivity index (χ2n) is 2.26. The first-order valence-corrected chi connectivity index (χ1v) is 4.13. The number of aliphatic hydroxyl groups is 2. The van der Waals surface area contributed by atoms with Gasteiger partial charge in [-0.15, -0.1) is 11.3 Å². The van der Waals surface area contributed by atoms with Crippen molar-refractivity contribution in [2.75, 3.05) is 0 Å². The summed E-state index contributed by atoms with van der Waals surface area (Å²) in [4.78, 5) is 3.95. The van der Waals surface area contributed by atoms with Gasteiger partial charge >= 0.3 is 0 Å². The van der Waals surface area contributed by atoms with Crippen LogP contribution in [0.15, 0.2) is 10.9 Å². The topological polar surface area (TPSA) is 79.4 Å². The third-order valence-corrected chi connectivity index (χ3v) is 1.95. The average Bonchev–Trinajstić information content (AvgIpc) is 2.39. The Bertz CT molecular complexity index is 200. The lowest BCUT2D eigenvalue weighted by molar-refractivity contribution is -0.0579. The normalized spacial score (nSPS) is 13.8. The second-order valence-corrected chi connectivity index (χ2v) is 2.98. The van der Waals surface area contributed by atoms with Gasteiger partial charge < -0.3 is 15.9 Å². The van der Waals surface area contributed by atoms with Gasteiger partial charge in [-0.2, -0.15) is 0 Å². The predicted octanol–water partition coefficient (Wildman–Crippen LogP) is -0.676. The van der Waals surface area contributed by atoms with Gasteiger partial charge in [0.25, 0.3) is 0 Å². The molecule has 0 unspecified atom stereocenters. The van der Waals surface area contributed by atoms with E-state index in [9.17, 15) is 0 Å². The van der Waals surface area contributed by atoms with Crippen LogP contribution >= 0.6 is 11.3 Å². The Hall–Kier alpha value is -0.490. The van der Waals surface area contributed by atoms with Crippen LogP contribution in [0.4, 0.5) is 0 Å². The van der Waals surface area contributed by atoms with Crippen molar-refractivity contribution in [3.8, 4) is 0 Å². The zero-order valence-corrected chi connectivity index (χ0v) is 6.66. The molecule has 0 aliphatic heterocycles. The lowest BCUT2D eigenvalue weighted by Gasteiger charge is -2.10. The molecule has 0 radical (unpaired) electrons. The molecule has 0 aromatic carbocycles. The molecule has 0 spiro atoms. The molecule has 1 heterocycles. The van der Waals surface area contributed by atoms with E-state index < -0.39 is 12.3 Å². The van der Waals surface area contributed by atoms with Crippen LogP contribution in [-0.4, -0.2) is 27.5 Å². The summed E-state index contributed by atoms with van der Waals surface area (Å²) >= 11 is 1.46. The second kappa shape index (κ2) is 3.77. The standard InChI is InChI=1S/C6H10N2O2S/c7-5(6(9)10)1-4-2-11-3-8-4/h2-3,5-6,9-10H,1,7H2/t5-/m0/s1. The van der Waals surface area contributed by atoms with Crippen molar-refractivity contribution in [2.45, 2.75) is 18.8 Å². The van der Waals surface area contributed by atoms with Crippen molar-refractivity contribution in [1.82, 2.24) is 4.98 Å². The Balaban J connectivity index is 2.43. The Morgan fingerprint density at radius 2 is 2.36 bits per heavy atom. The number of thiazole rings is 1. The molecule has 0 amide bonds.